The van der Waals surface area contributed by atoms with Gasteiger partial charge in [0.1, 0.15) is 18.2 Å². The minimum absolute atomic E-state index is 0.0455. The molecule has 0 atom stereocenters. The molecular weight excluding hydrogens is 332 g/mol. The van der Waals surface area contributed by atoms with Crippen LogP contribution in [0.4, 0.5) is 10.5 Å². The second-order valence-corrected chi connectivity index (χ2v) is 7.02. The Morgan fingerprint density at radius 2 is 1.96 bits per heavy atom. The van der Waals surface area contributed by atoms with Gasteiger partial charge in [0.2, 0.25) is 5.91 Å². The summed E-state index contributed by atoms with van der Waals surface area (Å²) in [5.41, 5.74) is 0.429. The van der Waals surface area contributed by atoms with E-state index < -0.39 is 0 Å². The molecule has 1 aromatic carbocycles. The zero-order valence-corrected chi connectivity index (χ0v) is 14.7. The number of anilines is 1. The van der Waals surface area contributed by atoms with Gasteiger partial charge < -0.3 is 15.5 Å². The van der Waals surface area contributed by atoms with Crippen LogP contribution >= 0.6 is 0 Å². The average molecular weight is 354 g/mol. The first-order valence-electron chi connectivity index (χ1n) is 8.85. The van der Waals surface area contributed by atoms with Crippen molar-refractivity contribution in [1.29, 1.82) is 0 Å². The smallest absolute Gasteiger partial charge is 0.321 e. The highest BCUT2D eigenvalue weighted by Gasteiger charge is 2.40. The molecule has 1 aromatic heterocycles. The molecule has 2 N–H and O–H groups in total. The van der Waals surface area contributed by atoms with E-state index in [9.17, 15) is 9.59 Å². The van der Waals surface area contributed by atoms with Gasteiger partial charge >= 0.3 is 6.03 Å². The number of carbonyl (C=O) groups is 2. The summed E-state index contributed by atoms with van der Waals surface area (Å²) in [5.74, 6) is 1.48. The number of carbonyl (C=O) groups excluding carboxylic acids is 2. The maximum atomic E-state index is 12.5. The van der Waals surface area contributed by atoms with E-state index in [0.29, 0.717) is 38.2 Å². The number of aryl methyl sites for hydroxylation is 1. The molecule has 2 aliphatic rings. The molecular formula is C18H22N6O2. The van der Waals surface area contributed by atoms with Crippen molar-refractivity contribution >= 4 is 17.6 Å². The summed E-state index contributed by atoms with van der Waals surface area (Å²) in [6, 6.07) is 9.31. The van der Waals surface area contributed by atoms with Gasteiger partial charge in [-0.25, -0.2) is 14.5 Å². The van der Waals surface area contributed by atoms with Crippen LogP contribution in [0, 0.1) is 6.92 Å². The van der Waals surface area contributed by atoms with Gasteiger partial charge in [-0.1, -0.05) is 18.2 Å². The average Bonchev–Trinajstić information content (AvgIpc) is 2.88. The Morgan fingerprint density at radius 1 is 1.23 bits per heavy atom. The van der Waals surface area contributed by atoms with Crippen LogP contribution in [0.15, 0.2) is 30.3 Å². The van der Waals surface area contributed by atoms with E-state index >= 15 is 0 Å². The molecule has 2 aliphatic heterocycles. The molecule has 1 saturated heterocycles. The summed E-state index contributed by atoms with van der Waals surface area (Å²) in [6.45, 7) is 3.22. The highest BCUT2D eigenvalue weighted by atomic mass is 16.2. The molecule has 0 unspecified atom stereocenters. The fourth-order valence-electron chi connectivity index (χ4n) is 3.74. The summed E-state index contributed by atoms with van der Waals surface area (Å²) >= 11 is 0. The lowest BCUT2D eigenvalue weighted by Crippen LogP contribution is -2.57. The Bertz CT molecular complexity index is 823. The van der Waals surface area contributed by atoms with E-state index in [-0.39, 0.29) is 24.0 Å². The van der Waals surface area contributed by atoms with Crippen molar-refractivity contribution in [3.05, 3.63) is 42.0 Å². The van der Waals surface area contributed by atoms with Crippen molar-refractivity contribution in [3.8, 4) is 0 Å². The van der Waals surface area contributed by atoms with Crippen LogP contribution in [0.2, 0.25) is 0 Å². The Labute approximate surface area is 151 Å². The maximum Gasteiger partial charge on any atom is 0.321 e. The second-order valence-electron chi connectivity index (χ2n) is 7.02. The molecule has 3 heterocycles. The van der Waals surface area contributed by atoms with E-state index in [1.54, 1.807) is 9.58 Å². The van der Waals surface area contributed by atoms with Gasteiger partial charge in [0.15, 0.2) is 0 Å². The fourth-order valence-corrected chi connectivity index (χ4v) is 3.74. The van der Waals surface area contributed by atoms with Crippen molar-refractivity contribution in [1.82, 2.24) is 25.0 Å². The first kappa shape index (κ1) is 16.6. The third-order valence-corrected chi connectivity index (χ3v) is 5.08. The van der Waals surface area contributed by atoms with Crippen LogP contribution in [0.25, 0.3) is 0 Å². The molecule has 8 nitrogen and oxygen atoms in total. The van der Waals surface area contributed by atoms with Gasteiger partial charge in [0.05, 0.1) is 5.54 Å². The van der Waals surface area contributed by atoms with Crippen LogP contribution in [-0.2, 0) is 17.8 Å². The molecule has 0 radical (unpaired) electrons. The van der Waals surface area contributed by atoms with Gasteiger partial charge in [-0.2, -0.15) is 5.10 Å². The van der Waals surface area contributed by atoms with Crippen molar-refractivity contribution in [2.24, 2.45) is 0 Å². The SMILES string of the molecule is Cc1nc2n(n1)CC(=O)NC1(CCN(C(=O)Nc3ccccc3)CC1)C2. The minimum atomic E-state index is -0.353. The maximum absolute atomic E-state index is 12.5. The lowest BCUT2D eigenvalue weighted by atomic mass is 9.84. The number of amides is 3. The number of rotatable bonds is 1. The first-order valence-corrected chi connectivity index (χ1v) is 8.85. The Kier molecular flexibility index (Phi) is 4.10. The topological polar surface area (TPSA) is 92.2 Å². The summed E-state index contributed by atoms with van der Waals surface area (Å²) < 4.78 is 1.69. The highest BCUT2D eigenvalue weighted by molar-refractivity contribution is 5.89. The standard InChI is InChI=1S/C18H22N6O2/c1-13-19-15-11-18(21-16(25)12-24(15)22-13)7-9-23(10-8-18)17(26)20-14-5-3-2-4-6-14/h2-6H,7-12H2,1H3,(H,20,26)(H,21,25). The predicted octanol–water partition coefficient (Wildman–Crippen LogP) is 1.33. The van der Waals surface area contributed by atoms with E-state index in [4.69, 9.17) is 0 Å². The second kappa shape index (κ2) is 6.44. The third kappa shape index (κ3) is 3.26. The first-order chi connectivity index (χ1) is 12.5. The summed E-state index contributed by atoms with van der Waals surface area (Å²) in [6.07, 6.45) is 2.05. The molecule has 8 heteroatoms. The zero-order chi connectivity index (χ0) is 18.1. The van der Waals surface area contributed by atoms with Gasteiger partial charge in [0, 0.05) is 25.2 Å². The lowest BCUT2D eigenvalue weighted by molar-refractivity contribution is -0.123. The molecule has 1 fully saturated rings. The highest BCUT2D eigenvalue weighted by Crippen LogP contribution is 2.28. The van der Waals surface area contributed by atoms with Crippen molar-refractivity contribution in [2.45, 2.75) is 38.3 Å². The van der Waals surface area contributed by atoms with E-state index in [0.717, 1.165) is 11.5 Å². The molecule has 26 heavy (non-hydrogen) atoms. The Balaban J connectivity index is 1.44. The number of likely N-dealkylation sites (tertiary alicyclic amines) is 1. The minimum Gasteiger partial charge on any atom is -0.348 e. The number of hydrogen-bond donors (Lipinski definition) is 2. The monoisotopic (exact) mass is 354 g/mol. The van der Waals surface area contributed by atoms with Crippen LogP contribution < -0.4 is 10.6 Å². The van der Waals surface area contributed by atoms with Gasteiger partial charge in [0.25, 0.3) is 0 Å². The zero-order valence-electron chi connectivity index (χ0n) is 14.7. The van der Waals surface area contributed by atoms with E-state index in [1.807, 2.05) is 37.3 Å². The van der Waals surface area contributed by atoms with Gasteiger partial charge in [-0.05, 0) is 31.9 Å². The van der Waals surface area contributed by atoms with Crippen molar-refractivity contribution in [2.75, 3.05) is 18.4 Å². The molecule has 136 valence electrons. The van der Waals surface area contributed by atoms with Crippen LogP contribution in [-0.4, -0.2) is 50.2 Å². The number of benzene rings is 1. The number of fused-ring (bicyclic) bond motifs is 1. The number of aromatic nitrogens is 3. The Hall–Kier alpha value is -2.90. The quantitative estimate of drug-likeness (QED) is 0.808. The molecule has 0 aliphatic carbocycles. The molecule has 0 saturated carbocycles. The summed E-state index contributed by atoms with van der Waals surface area (Å²) in [5, 5.41) is 10.4. The molecule has 4 rings (SSSR count). The van der Waals surface area contributed by atoms with Crippen LogP contribution in [0.3, 0.4) is 0 Å². The third-order valence-electron chi connectivity index (χ3n) is 5.08. The number of nitrogens with zero attached hydrogens (tertiary/aromatic N) is 4. The van der Waals surface area contributed by atoms with Crippen molar-refractivity contribution < 1.29 is 9.59 Å². The van der Waals surface area contributed by atoms with Gasteiger partial charge in [-0.3, -0.25) is 4.79 Å². The number of hydrogen-bond acceptors (Lipinski definition) is 4. The molecule has 3 amide bonds. The van der Waals surface area contributed by atoms with Crippen LogP contribution in [0.5, 0.6) is 0 Å². The van der Waals surface area contributed by atoms with Gasteiger partial charge in [-0.15, -0.1) is 0 Å². The van der Waals surface area contributed by atoms with Crippen molar-refractivity contribution in [3.63, 3.8) is 0 Å². The molecule has 2 aromatic rings. The number of urea groups is 1. The largest absolute Gasteiger partial charge is 0.348 e. The lowest BCUT2D eigenvalue weighted by Gasteiger charge is -2.41. The summed E-state index contributed by atoms with van der Waals surface area (Å²) in [4.78, 5) is 31.0. The predicted molar refractivity (Wildman–Crippen MR) is 95.6 cm³/mol. The van der Waals surface area contributed by atoms with E-state index in [2.05, 4.69) is 20.7 Å². The van der Waals surface area contributed by atoms with E-state index in [1.165, 1.54) is 0 Å². The number of para-hydroxylation sites is 1. The Morgan fingerprint density at radius 3 is 2.69 bits per heavy atom. The normalized spacial score (nSPS) is 18.8. The number of piperidine rings is 1. The number of nitrogens with one attached hydrogen (secondary N) is 2. The fraction of sp³-hybridized carbons (Fsp3) is 0.444. The molecule has 0 bridgehead atoms. The molecule has 1 spiro atoms. The summed E-state index contributed by atoms with van der Waals surface area (Å²) in [7, 11) is 0. The van der Waals surface area contributed by atoms with Crippen LogP contribution in [0.1, 0.15) is 24.5 Å².